The molecule has 0 spiro atoms. The van der Waals surface area contributed by atoms with E-state index in [2.05, 4.69) is 0 Å². The van der Waals surface area contributed by atoms with E-state index in [9.17, 15) is 19.5 Å². The van der Waals surface area contributed by atoms with Crippen LogP contribution < -0.4 is 0 Å². The third kappa shape index (κ3) is 3.38. The summed E-state index contributed by atoms with van der Waals surface area (Å²) in [7, 11) is 0. The molecule has 1 aliphatic rings. The molecule has 0 saturated carbocycles. The Morgan fingerprint density at radius 1 is 0.920 bits per heavy atom. The molecule has 1 heterocycles. The van der Waals surface area contributed by atoms with Gasteiger partial charge in [-0.2, -0.15) is 0 Å². The lowest BCUT2D eigenvalue weighted by molar-refractivity contribution is -0.151. The second-order valence-corrected chi connectivity index (χ2v) is 6.03. The van der Waals surface area contributed by atoms with Crippen LogP contribution in [0.4, 0.5) is 4.79 Å². The minimum absolute atomic E-state index is 0.0131. The number of rotatable bonds is 3. The molecule has 0 radical (unpaired) electrons. The fourth-order valence-corrected chi connectivity index (χ4v) is 3.22. The smallest absolute Gasteiger partial charge is 0.414 e. The second kappa shape index (κ2) is 6.76. The van der Waals surface area contributed by atoms with E-state index in [4.69, 9.17) is 5.11 Å². The maximum Gasteiger partial charge on any atom is 0.414 e. The lowest BCUT2D eigenvalue weighted by Gasteiger charge is -2.33. The zero-order valence-electron chi connectivity index (χ0n) is 13.3. The Kier molecular flexibility index (Phi) is 4.52. The lowest BCUT2D eigenvalue weighted by atomic mass is 9.84. The Hall–Kier alpha value is -3.15. The Balaban J connectivity index is 1.83. The minimum atomic E-state index is -1.52. The average Bonchev–Trinajstić information content (AvgIpc) is 2.61. The first-order valence-corrected chi connectivity index (χ1v) is 7.90. The molecule has 1 saturated heterocycles. The number of benzene rings is 2. The van der Waals surface area contributed by atoms with Crippen LogP contribution in [0, 0.1) is 0 Å². The zero-order valence-corrected chi connectivity index (χ0v) is 13.3. The van der Waals surface area contributed by atoms with Gasteiger partial charge in [-0.05, 0) is 29.0 Å². The van der Waals surface area contributed by atoms with Gasteiger partial charge in [0.25, 0.3) is 0 Å². The SMILES string of the molecule is O=C(O)[C@H]1C[C@@H](c2ccc(-c3ccccc3)cc2)CC(=O)N1C(=O)O. The van der Waals surface area contributed by atoms with Crippen LogP contribution in [0.15, 0.2) is 54.6 Å². The summed E-state index contributed by atoms with van der Waals surface area (Å²) >= 11 is 0. The molecule has 1 fully saturated rings. The second-order valence-electron chi connectivity index (χ2n) is 6.03. The molecule has 6 heteroatoms. The van der Waals surface area contributed by atoms with Crippen LogP contribution in [-0.2, 0) is 9.59 Å². The highest BCUT2D eigenvalue weighted by Crippen LogP contribution is 2.33. The molecular formula is C19H17NO5. The molecule has 2 atom stereocenters. The van der Waals surface area contributed by atoms with Crippen molar-refractivity contribution in [2.75, 3.05) is 0 Å². The predicted octanol–water partition coefficient (Wildman–Crippen LogP) is 3.19. The van der Waals surface area contributed by atoms with Crippen LogP contribution in [0.2, 0.25) is 0 Å². The normalized spacial score (nSPS) is 20.3. The number of likely N-dealkylation sites (tertiary alicyclic amines) is 1. The van der Waals surface area contributed by atoms with Gasteiger partial charge in [0, 0.05) is 6.42 Å². The van der Waals surface area contributed by atoms with E-state index in [1.54, 1.807) is 0 Å². The van der Waals surface area contributed by atoms with Gasteiger partial charge in [-0.15, -0.1) is 0 Å². The molecule has 2 aromatic rings. The molecule has 3 rings (SSSR count). The maximum absolute atomic E-state index is 12.1. The van der Waals surface area contributed by atoms with Crippen LogP contribution >= 0.6 is 0 Å². The molecule has 1 aliphatic heterocycles. The van der Waals surface area contributed by atoms with Crippen molar-refractivity contribution in [3.8, 4) is 11.1 Å². The van der Waals surface area contributed by atoms with Crippen molar-refractivity contribution in [1.82, 2.24) is 4.90 Å². The third-order valence-corrected chi connectivity index (χ3v) is 4.49. The lowest BCUT2D eigenvalue weighted by Crippen LogP contribution is -2.52. The van der Waals surface area contributed by atoms with Crippen molar-refractivity contribution < 1.29 is 24.6 Å². The van der Waals surface area contributed by atoms with Gasteiger partial charge in [0.2, 0.25) is 5.91 Å². The zero-order chi connectivity index (χ0) is 18.0. The highest BCUT2D eigenvalue weighted by molar-refractivity contribution is 5.97. The van der Waals surface area contributed by atoms with Crippen molar-refractivity contribution in [1.29, 1.82) is 0 Å². The summed E-state index contributed by atoms with van der Waals surface area (Å²) in [6.07, 6.45) is -1.45. The Bertz CT molecular complexity index is 800. The fraction of sp³-hybridized carbons (Fsp3) is 0.211. The molecule has 6 nitrogen and oxygen atoms in total. The van der Waals surface area contributed by atoms with Crippen molar-refractivity contribution in [3.63, 3.8) is 0 Å². The van der Waals surface area contributed by atoms with Crippen LogP contribution in [0.5, 0.6) is 0 Å². The molecule has 2 aromatic carbocycles. The molecule has 0 unspecified atom stereocenters. The summed E-state index contributed by atoms with van der Waals surface area (Å²) in [5.41, 5.74) is 2.92. The maximum atomic E-state index is 12.1. The first kappa shape index (κ1) is 16.7. The molecule has 2 N–H and O–H groups in total. The number of piperidine rings is 1. The fourth-order valence-electron chi connectivity index (χ4n) is 3.22. The van der Waals surface area contributed by atoms with E-state index < -0.39 is 24.0 Å². The number of amides is 2. The van der Waals surface area contributed by atoms with Gasteiger partial charge in [-0.1, -0.05) is 54.6 Å². The number of aliphatic carboxylic acids is 1. The molecule has 0 aromatic heterocycles. The summed E-state index contributed by atoms with van der Waals surface area (Å²) in [6, 6.07) is 16.0. The van der Waals surface area contributed by atoms with E-state index in [0.717, 1.165) is 16.7 Å². The van der Waals surface area contributed by atoms with E-state index in [1.165, 1.54) is 0 Å². The van der Waals surface area contributed by atoms with Gasteiger partial charge >= 0.3 is 12.1 Å². The molecule has 0 bridgehead atoms. The minimum Gasteiger partial charge on any atom is -0.480 e. The Labute approximate surface area is 144 Å². The van der Waals surface area contributed by atoms with Gasteiger partial charge in [-0.25, -0.2) is 14.5 Å². The monoisotopic (exact) mass is 339 g/mol. The highest BCUT2D eigenvalue weighted by Gasteiger charge is 2.42. The summed E-state index contributed by atoms with van der Waals surface area (Å²) in [5, 5.41) is 18.4. The van der Waals surface area contributed by atoms with E-state index in [0.29, 0.717) is 4.90 Å². The topological polar surface area (TPSA) is 94.9 Å². The van der Waals surface area contributed by atoms with E-state index >= 15 is 0 Å². The van der Waals surface area contributed by atoms with Crippen LogP contribution in [0.3, 0.4) is 0 Å². The Morgan fingerprint density at radius 3 is 2.08 bits per heavy atom. The molecule has 0 aliphatic carbocycles. The number of carbonyl (C=O) groups excluding carboxylic acids is 1. The van der Waals surface area contributed by atoms with Crippen molar-refractivity contribution >= 4 is 18.0 Å². The van der Waals surface area contributed by atoms with Gasteiger partial charge < -0.3 is 10.2 Å². The summed E-state index contributed by atoms with van der Waals surface area (Å²) in [6.45, 7) is 0. The third-order valence-electron chi connectivity index (χ3n) is 4.49. The number of hydrogen-bond donors (Lipinski definition) is 2. The van der Waals surface area contributed by atoms with Gasteiger partial charge in [-0.3, -0.25) is 4.79 Å². The van der Waals surface area contributed by atoms with Crippen LogP contribution in [0.25, 0.3) is 11.1 Å². The largest absolute Gasteiger partial charge is 0.480 e. The van der Waals surface area contributed by atoms with Crippen molar-refractivity contribution in [2.24, 2.45) is 0 Å². The number of nitrogens with zero attached hydrogens (tertiary/aromatic N) is 1. The van der Waals surface area contributed by atoms with Gasteiger partial charge in [0.1, 0.15) is 6.04 Å². The molecule has 2 amide bonds. The van der Waals surface area contributed by atoms with E-state index in [1.807, 2.05) is 54.6 Å². The number of carbonyl (C=O) groups is 3. The summed E-state index contributed by atoms with van der Waals surface area (Å²) < 4.78 is 0. The van der Waals surface area contributed by atoms with Gasteiger partial charge in [0.15, 0.2) is 0 Å². The molecule has 128 valence electrons. The number of carboxylic acids is 1. The first-order chi connectivity index (χ1) is 12.0. The average molecular weight is 339 g/mol. The predicted molar refractivity (Wildman–Crippen MR) is 90.1 cm³/mol. The summed E-state index contributed by atoms with van der Waals surface area (Å²) in [5.74, 6) is -2.29. The van der Waals surface area contributed by atoms with Crippen LogP contribution in [-0.4, -0.2) is 39.1 Å². The first-order valence-electron chi connectivity index (χ1n) is 7.90. The van der Waals surface area contributed by atoms with Gasteiger partial charge in [0.05, 0.1) is 0 Å². The molecule has 25 heavy (non-hydrogen) atoms. The molecular weight excluding hydrogens is 322 g/mol. The number of hydrogen-bond acceptors (Lipinski definition) is 3. The number of carboxylic acid groups (broad SMARTS) is 2. The van der Waals surface area contributed by atoms with Crippen molar-refractivity contribution in [2.45, 2.75) is 24.8 Å². The quantitative estimate of drug-likeness (QED) is 0.895. The highest BCUT2D eigenvalue weighted by atomic mass is 16.4. The summed E-state index contributed by atoms with van der Waals surface area (Å²) in [4.78, 5) is 35.1. The van der Waals surface area contributed by atoms with Crippen molar-refractivity contribution in [3.05, 3.63) is 60.2 Å². The van der Waals surface area contributed by atoms with Crippen LogP contribution in [0.1, 0.15) is 24.3 Å². The standard InChI is InChI=1S/C19H17NO5/c21-17-11-15(10-16(18(22)23)20(17)19(24)25)14-8-6-13(7-9-14)12-4-2-1-3-5-12/h1-9,15-16H,10-11H2,(H,22,23)(H,24,25)/t15-,16-/m1/s1. The Morgan fingerprint density at radius 2 is 1.52 bits per heavy atom. The number of imide groups is 1. The van der Waals surface area contributed by atoms with E-state index in [-0.39, 0.29) is 18.8 Å².